The maximum Gasteiger partial charge on any atom is 0.224 e. The molecule has 1 amide bonds. The van der Waals surface area contributed by atoms with Crippen molar-refractivity contribution in [2.75, 3.05) is 10.6 Å². The van der Waals surface area contributed by atoms with Gasteiger partial charge in [-0.05, 0) is 42.3 Å². The van der Waals surface area contributed by atoms with Gasteiger partial charge in [-0.15, -0.1) is 0 Å². The number of carbonyl (C=O) groups is 1. The molecule has 0 bridgehead atoms. The molecule has 21 heavy (non-hydrogen) atoms. The fraction of sp³-hybridized carbons (Fsp3) is 0.235. The second kappa shape index (κ2) is 7.14. The molecule has 3 nitrogen and oxygen atoms in total. The van der Waals surface area contributed by atoms with Gasteiger partial charge in [0.15, 0.2) is 0 Å². The highest BCUT2D eigenvalue weighted by Gasteiger charge is 2.01. The summed E-state index contributed by atoms with van der Waals surface area (Å²) in [6.07, 6.45) is 0.472. The molecule has 0 heterocycles. The van der Waals surface area contributed by atoms with Crippen LogP contribution in [0.15, 0.2) is 42.5 Å². The van der Waals surface area contributed by atoms with E-state index in [-0.39, 0.29) is 5.91 Å². The lowest BCUT2D eigenvalue weighted by molar-refractivity contribution is -0.115. The van der Waals surface area contributed by atoms with Crippen LogP contribution in [0.5, 0.6) is 0 Å². The van der Waals surface area contributed by atoms with Crippen molar-refractivity contribution in [2.45, 2.75) is 26.8 Å². The number of nitrogens with one attached hydrogen (secondary N) is 2. The summed E-state index contributed by atoms with van der Waals surface area (Å²) in [5, 5.41) is 6.95. The topological polar surface area (TPSA) is 41.1 Å². The first kappa shape index (κ1) is 15.4. The van der Waals surface area contributed by atoms with Crippen molar-refractivity contribution in [2.24, 2.45) is 0 Å². The van der Waals surface area contributed by atoms with E-state index in [9.17, 15) is 4.79 Å². The largest absolute Gasteiger partial charge is 0.381 e. The zero-order chi connectivity index (χ0) is 15.2. The standard InChI is InChI=1S/C17H19ClN2O/c1-3-17(21)20-15-6-4-5-14(10-15)19-11-13-8-7-12(2)16(18)9-13/h4-10,19H,3,11H2,1-2H3,(H,20,21). The summed E-state index contributed by atoms with van der Waals surface area (Å²) in [6.45, 7) is 4.50. The predicted octanol–water partition coefficient (Wildman–Crippen LogP) is 4.61. The highest BCUT2D eigenvalue weighted by atomic mass is 35.5. The number of benzene rings is 2. The molecule has 0 aliphatic rings. The molecule has 0 aromatic heterocycles. The van der Waals surface area contributed by atoms with Gasteiger partial charge in [-0.25, -0.2) is 0 Å². The first-order valence-corrected chi connectivity index (χ1v) is 7.35. The van der Waals surface area contributed by atoms with Crippen LogP contribution in [0.25, 0.3) is 0 Å². The van der Waals surface area contributed by atoms with Crippen LogP contribution >= 0.6 is 11.6 Å². The summed E-state index contributed by atoms with van der Waals surface area (Å²) >= 11 is 6.12. The van der Waals surface area contributed by atoms with Gasteiger partial charge >= 0.3 is 0 Å². The highest BCUT2D eigenvalue weighted by molar-refractivity contribution is 6.31. The average molecular weight is 303 g/mol. The summed E-state index contributed by atoms with van der Waals surface area (Å²) in [7, 11) is 0. The molecule has 2 aromatic rings. The summed E-state index contributed by atoms with van der Waals surface area (Å²) in [6, 6.07) is 13.7. The molecule has 2 N–H and O–H groups in total. The first-order valence-electron chi connectivity index (χ1n) is 6.97. The lowest BCUT2D eigenvalue weighted by Crippen LogP contribution is -2.09. The molecular formula is C17H19ClN2O. The zero-order valence-electron chi connectivity index (χ0n) is 12.2. The van der Waals surface area contributed by atoms with E-state index in [4.69, 9.17) is 11.6 Å². The van der Waals surface area contributed by atoms with E-state index in [1.54, 1.807) is 0 Å². The van der Waals surface area contributed by atoms with E-state index < -0.39 is 0 Å². The maximum atomic E-state index is 11.4. The number of hydrogen-bond donors (Lipinski definition) is 2. The number of rotatable bonds is 5. The Hall–Kier alpha value is -2.00. The Morgan fingerprint density at radius 2 is 1.90 bits per heavy atom. The Morgan fingerprint density at radius 3 is 2.62 bits per heavy atom. The molecule has 0 radical (unpaired) electrons. The molecule has 2 aromatic carbocycles. The summed E-state index contributed by atoms with van der Waals surface area (Å²) in [5.74, 6) is 0.0115. The number of anilines is 2. The van der Waals surface area contributed by atoms with Gasteiger partial charge in [-0.1, -0.05) is 36.7 Å². The fourth-order valence-electron chi connectivity index (χ4n) is 1.91. The van der Waals surface area contributed by atoms with Gasteiger partial charge in [0, 0.05) is 29.4 Å². The second-order valence-electron chi connectivity index (χ2n) is 4.92. The minimum Gasteiger partial charge on any atom is -0.381 e. The quantitative estimate of drug-likeness (QED) is 0.847. The molecule has 0 unspecified atom stereocenters. The molecule has 0 fully saturated rings. The van der Waals surface area contributed by atoms with Crippen LogP contribution in [0.2, 0.25) is 5.02 Å². The zero-order valence-corrected chi connectivity index (χ0v) is 13.0. The third kappa shape index (κ3) is 4.50. The van der Waals surface area contributed by atoms with E-state index in [2.05, 4.69) is 16.7 Å². The van der Waals surface area contributed by atoms with Crippen LogP contribution in [-0.2, 0) is 11.3 Å². The summed E-state index contributed by atoms with van der Waals surface area (Å²) in [5.41, 5.74) is 3.95. The third-order valence-corrected chi connectivity index (χ3v) is 3.61. The van der Waals surface area contributed by atoms with Crippen molar-refractivity contribution in [1.82, 2.24) is 0 Å². The van der Waals surface area contributed by atoms with Gasteiger partial charge in [-0.3, -0.25) is 4.79 Å². The van der Waals surface area contributed by atoms with Gasteiger partial charge in [0.05, 0.1) is 0 Å². The molecule has 0 spiro atoms. The SMILES string of the molecule is CCC(=O)Nc1cccc(NCc2ccc(C)c(Cl)c2)c1. The molecule has 0 atom stereocenters. The maximum absolute atomic E-state index is 11.4. The van der Waals surface area contributed by atoms with Crippen molar-refractivity contribution in [3.05, 3.63) is 58.6 Å². The van der Waals surface area contributed by atoms with Crippen LogP contribution in [0.1, 0.15) is 24.5 Å². The smallest absolute Gasteiger partial charge is 0.224 e. The van der Waals surface area contributed by atoms with Crippen LogP contribution in [0, 0.1) is 6.92 Å². The lowest BCUT2D eigenvalue weighted by Gasteiger charge is -2.10. The van der Waals surface area contributed by atoms with Crippen LogP contribution in [0.4, 0.5) is 11.4 Å². The molecule has 2 rings (SSSR count). The number of aryl methyl sites for hydroxylation is 1. The summed E-state index contributed by atoms with van der Waals surface area (Å²) < 4.78 is 0. The minimum atomic E-state index is 0.0115. The van der Waals surface area contributed by atoms with Crippen LogP contribution < -0.4 is 10.6 Å². The number of halogens is 1. The Labute approximate surface area is 130 Å². The molecule has 0 saturated carbocycles. The van der Waals surface area contributed by atoms with Crippen molar-refractivity contribution in [1.29, 1.82) is 0 Å². The molecule has 110 valence electrons. The third-order valence-electron chi connectivity index (χ3n) is 3.20. The molecule has 0 aliphatic heterocycles. The molecule has 0 saturated heterocycles. The number of carbonyl (C=O) groups excluding carboxylic acids is 1. The first-order chi connectivity index (χ1) is 10.1. The van der Waals surface area contributed by atoms with E-state index in [1.165, 1.54) is 0 Å². The minimum absolute atomic E-state index is 0.0115. The van der Waals surface area contributed by atoms with Gasteiger partial charge in [0.2, 0.25) is 5.91 Å². The van der Waals surface area contributed by atoms with Gasteiger partial charge < -0.3 is 10.6 Å². The Morgan fingerprint density at radius 1 is 1.14 bits per heavy atom. The highest BCUT2D eigenvalue weighted by Crippen LogP contribution is 2.19. The summed E-state index contributed by atoms with van der Waals surface area (Å²) in [4.78, 5) is 11.4. The molecule has 0 aliphatic carbocycles. The van der Waals surface area contributed by atoms with Crippen molar-refractivity contribution < 1.29 is 4.79 Å². The van der Waals surface area contributed by atoms with Crippen molar-refractivity contribution >= 4 is 28.9 Å². The Bertz CT molecular complexity index is 640. The number of amides is 1. The monoisotopic (exact) mass is 302 g/mol. The van der Waals surface area contributed by atoms with Gasteiger partial charge in [-0.2, -0.15) is 0 Å². The Balaban J connectivity index is 2.01. The van der Waals surface area contributed by atoms with Crippen molar-refractivity contribution in [3.63, 3.8) is 0 Å². The fourth-order valence-corrected chi connectivity index (χ4v) is 2.11. The van der Waals surface area contributed by atoms with Gasteiger partial charge in [0.25, 0.3) is 0 Å². The Kier molecular flexibility index (Phi) is 5.23. The molecule has 4 heteroatoms. The van der Waals surface area contributed by atoms with Crippen molar-refractivity contribution in [3.8, 4) is 0 Å². The predicted molar refractivity (Wildman–Crippen MR) is 88.9 cm³/mol. The number of hydrogen-bond acceptors (Lipinski definition) is 2. The van der Waals surface area contributed by atoms with E-state index in [1.807, 2.05) is 50.2 Å². The normalized spacial score (nSPS) is 10.2. The molecular weight excluding hydrogens is 284 g/mol. The van der Waals surface area contributed by atoms with Crippen LogP contribution in [-0.4, -0.2) is 5.91 Å². The van der Waals surface area contributed by atoms with E-state index in [0.29, 0.717) is 13.0 Å². The lowest BCUT2D eigenvalue weighted by atomic mass is 10.1. The van der Waals surface area contributed by atoms with E-state index in [0.717, 1.165) is 27.5 Å². The van der Waals surface area contributed by atoms with Gasteiger partial charge in [0.1, 0.15) is 0 Å². The van der Waals surface area contributed by atoms with E-state index >= 15 is 0 Å². The average Bonchev–Trinajstić information content (AvgIpc) is 2.49. The van der Waals surface area contributed by atoms with Crippen LogP contribution in [0.3, 0.4) is 0 Å². The second-order valence-corrected chi connectivity index (χ2v) is 5.33.